The molecule has 1 N–H and O–H groups in total. The molecule has 190 valence electrons. The summed E-state index contributed by atoms with van der Waals surface area (Å²) in [5, 5.41) is 3.63. The fraction of sp³-hybridized carbons (Fsp3) is 0.310. The average Bonchev–Trinajstić information content (AvgIpc) is 2.89. The molecule has 0 unspecified atom stereocenters. The lowest BCUT2D eigenvalue weighted by Gasteiger charge is -2.31. The summed E-state index contributed by atoms with van der Waals surface area (Å²) >= 11 is 7.69. The largest absolute Gasteiger partial charge is 0.354 e. The maximum atomic E-state index is 14.6. The quantitative estimate of drug-likeness (QED) is 0.267. The van der Waals surface area contributed by atoms with Gasteiger partial charge in [0.1, 0.15) is 11.9 Å². The molecule has 0 aliphatic carbocycles. The lowest BCUT2D eigenvalue weighted by molar-refractivity contribution is -0.139. The first kappa shape index (κ1) is 27.8. The second kappa shape index (κ2) is 14.7. The number of rotatable bonds is 13. The predicted molar refractivity (Wildman–Crippen MR) is 146 cm³/mol. The lowest BCUT2D eigenvalue weighted by atomic mass is 10.0. The molecular formula is C29H32ClFN2O2S. The topological polar surface area (TPSA) is 49.4 Å². The van der Waals surface area contributed by atoms with Gasteiger partial charge < -0.3 is 10.2 Å². The number of halogens is 2. The molecule has 0 aromatic heterocycles. The van der Waals surface area contributed by atoms with Crippen molar-refractivity contribution in [3.8, 4) is 0 Å². The van der Waals surface area contributed by atoms with Crippen LogP contribution in [0.3, 0.4) is 0 Å². The van der Waals surface area contributed by atoms with Gasteiger partial charge in [-0.05, 0) is 29.7 Å². The van der Waals surface area contributed by atoms with Gasteiger partial charge in [0.05, 0.1) is 5.75 Å². The first-order valence-corrected chi connectivity index (χ1v) is 13.7. The normalized spacial score (nSPS) is 11.6. The summed E-state index contributed by atoms with van der Waals surface area (Å²) in [6.07, 6.45) is 2.13. The van der Waals surface area contributed by atoms with E-state index in [4.69, 9.17) is 11.6 Å². The molecule has 3 aromatic rings. The number of benzene rings is 3. The number of carbonyl (C=O) groups is 2. The van der Waals surface area contributed by atoms with Crippen LogP contribution >= 0.6 is 23.4 Å². The zero-order valence-electron chi connectivity index (χ0n) is 20.5. The van der Waals surface area contributed by atoms with Crippen molar-refractivity contribution in [3.05, 3.63) is 106 Å². The van der Waals surface area contributed by atoms with Crippen molar-refractivity contribution in [1.29, 1.82) is 0 Å². The van der Waals surface area contributed by atoms with Crippen LogP contribution in [0.2, 0.25) is 5.02 Å². The number of hydrogen-bond acceptors (Lipinski definition) is 3. The Balaban J connectivity index is 1.85. The van der Waals surface area contributed by atoms with E-state index in [0.717, 1.165) is 24.0 Å². The van der Waals surface area contributed by atoms with Crippen molar-refractivity contribution >= 4 is 35.2 Å². The minimum absolute atomic E-state index is 0.0108. The zero-order chi connectivity index (χ0) is 25.8. The molecule has 4 nitrogen and oxygen atoms in total. The summed E-state index contributed by atoms with van der Waals surface area (Å²) < 4.78 is 14.6. The summed E-state index contributed by atoms with van der Waals surface area (Å²) in [6, 6.07) is 22.7. The predicted octanol–water partition coefficient (Wildman–Crippen LogP) is 6.27. The van der Waals surface area contributed by atoms with E-state index in [1.807, 2.05) is 54.6 Å². The molecule has 0 bridgehead atoms. The number of nitrogens with zero attached hydrogens (tertiary/aromatic N) is 1. The molecule has 0 radical (unpaired) electrons. The fourth-order valence-corrected chi connectivity index (χ4v) is 5.01. The molecule has 0 aliphatic rings. The minimum Gasteiger partial charge on any atom is -0.354 e. The summed E-state index contributed by atoms with van der Waals surface area (Å²) in [4.78, 5) is 28.5. The van der Waals surface area contributed by atoms with Gasteiger partial charge >= 0.3 is 0 Å². The van der Waals surface area contributed by atoms with Crippen LogP contribution in [0.15, 0.2) is 78.9 Å². The van der Waals surface area contributed by atoms with Gasteiger partial charge in [-0.3, -0.25) is 9.59 Å². The second-order valence-electron chi connectivity index (χ2n) is 8.55. The summed E-state index contributed by atoms with van der Waals surface area (Å²) in [7, 11) is 0. The Labute approximate surface area is 222 Å². The number of amides is 2. The molecule has 1 atom stereocenters. The third kappa shape index (κ3) is 8.38. The van der Waals surface area contributed by atoms with Gasteiger partial charge in [-0.25, -0.2) is 4.39 Å². The Morgan fingerprint density at radius 3 is 2.33 bits per heavy atom. The van der Waals surface area contributed by atoms with Gasteiger partial charge in [-0.2, -0.15) is 0 Å². The average molecular weight is 527 g/mol. The molecule has 3 aromatic carbocycles. The Morgan fingerprint density at radius 1 is 0.972 bits per heavy atom. The van der Waals surface area contributed by atoms with E-state index in [1.54, 1.807) is 18.2 Å². The van der Waals surface area contributed by atoms with Crippen molar-refractivity contribution < 1.29 is 14.0 Å². The summed E-state index contributed by atoms with van der Waals surface area (Å²) in [6.45, 7) is 2.60. The number of thioether (sulfide) groups is 1. The Kier molecular flexibility index (Phi) is 11.3. The molecule has 0 fully saturated rings. The van der Waals surface area contributed by atoms with E-state index < -0.39 is 11.9 Å². The maximum Gasteiger partial charge on any atom is 0.243 e. The highest BCUT2D eigenvalue weighted by molar-refractivity contribution is 7.99. The molecule has 36 heavy (non-hydrogen) atoms. The van der Waals surface area contributed by atoms with Gasteiger partial charge in [-0.1, -0.05) is 91.7 Å². The molecule has 0 saturated carbocycles. The van der Waals surface area contributed by atoms with Crippen molar-refractivity contribution in [3.63, 3.8) is 0 Å². The van der Waals surface area contributed by atoms with Crippen LogP contribution in [-0.2, 0) is 28.3 Å². The Bertz CT molecular complexity index is 1130. The smallest absolute Gasteiger partial charge is 0.243 e. The highest BCUT2D eigenvalue weighted by atomic mass is 35.5. The van der Waals surface area contributed by atoms with Gasteiger partial charge in [0, 0.05) is 35.8 Å². The number of hydrogen-bond donors (Lipinski definition) is 1. The van der Waals surface area contributed by atoms with E-state index in [2.05, 4.69) is 12.2 Å². The third-order valence-electron chi connectivity index (χ3n) is 5.84. The summed E-state index contributed by atoms with van der Waals surface area (Å²) in [5.74, 6) is -0.142. The van der Waals surface area contributed by atoms with Crippen molar-refractivity contribution in [1.82, 2.24) is 10.2 Å². The van der Waals surface area contributed by atoms with E-state index in [9.17, 15) is 14.0 Å². The standard InChI is InChI=1S/C29H32ClFN2O2S/c1-2-3-17-32-29(35)27(18-22-11-5-4-6-12-22)33(19-23-13-8-10-16-26(23)31)28(34)21-36-20-24-14-7-9-15-25(24)30/h4-16,27H,2-3,17-21H2,1H3,(H,32,35)/t27-/m1/s1. The van der Waals surface area contributed by atoms with Crippen LogP contribution in [0.5, 0.6) is 0 Å². The van der Waals surface area contributed by atoms with E-state index in [1.165, 1.54) is 22.7 Å². The molecule has 0 heterocycles. The maximum absolute atomic E-state index is 14.6. The van der Waals surface area contributed by atoms with E-state index in [0.29, 0.717) is 29.3 Å². The molecule has 2 amide bonds. The van der Waals surface area contributed by atoms with Crippen LogP contribution in [-0.4, -0.2) is 35.1 Å². The van der Waals surface area contributed by atoms with Crippen LogP contribution in [0, 0.1) is 5.82 Å². The molecule has 0 spiro atoms. The van der Waals surface area contributed by atoms with Crippen LogP contribution < -0.4 is 5.32 Å². The molecule has 7 heteroatoms. The fourth-order valence-electron chi connectivity index (χ4n) is 3.82. The molecule has 3 rings (SSSR count). The van der Waals surface area contributed by atoms with Gasteiger partial charge in [0.25, 0.3) is 0 Å². The number of nitrogens with one attached hydrogen (secondary N) is 1. The first-order valence-electron chi connectivity index (χ1n) is 12.1. The van der Waals surface area contributed by atoms with Crippen LogP contribution in [0.4, 0.5) is 4.39 Å². The highest BCUT2D eigenvalue weighted by Gasteiger charge is 2.30. The van der Waals surface area contributed by atoms with Gasteiger partial charge in [-0.15, -0.1) is 11.8 Å². The van der Waals surface area contributed by atoms with Crippen molar-refractivity contribution in [2.24, 2.45) is 0 Å². The van der Waals surface area contributed by atoms with Crippen LogP contribution in [0.25, 0.3) is 0 Å². The highest BCUT2D eigenvalue weighted by Crippen LogP contribution is 2.23. The van der Waals surface area contributed by atoms with Crippen molar-refractivity contribution in [2.45, 2.75) is 44.5 Å². The minimum atomic E-state index is -0.766. The van der Waals surface area contributed by atoms with E-state index in [-0.39, 0.29) is 24.1 Å². The first-order chi connectivity index (χ1) is 17.5. The number of unbranched alkanes of at least 4 members (excludes halogenated alkanes) is 1. The Morgan fingerprint density at radius 2 is 1.64 bits per heavy atom. The molecular weight excluding hydrogens is 495 g/mol. The SMILES string of the molecule is CCCCNC(=O)[C@@H](Cc1ccccc1)N(Cc1ccccc1F)C(=O)CSCc1ccccc1Cl. The van der Waals surface area contributed by atoms with Crippen molar-refractivity contribution in [2.75, 3.05) is 12.3 Å². The number of carbonyl (C=O) groups excluding carboxylic acids is 2. The monoisotopic (exact) mass is 526 g/mol. The summed E-state index contributed by atoms with van der Waals surface area (Å²) in [5.41, 5.74) is 2.25. The van der Waals surface area contributed by atoms with E-state index >= 15 is 0 Å². The van der Waals surface area contributed by atoms with Gasteiger partial charge in [0.15, 0.2) is 0 Å². The third-order valence-corrected chi connectivity index (χ3v) is 7.18. The van der Waals surface area contributed by atoms with Crippen LogP contribution in [0.1, 0.15) is 36.5 Å². The Hall–Kier alpha value is -2.83. The molecule has 0 aliphatic heterocycles. The lowest BCUT2D eigenvalue weighted by Crippen LogP contribution is -2.51. The second-order valence-corrected chi connectivity index (χ2v) is 9.94. The van der Waals surface area contributed by atoms with Gasteiger partial charge in [0.2, 0.25) is 11.8 Å². The zero-order valence-corrected chi connectivity index (χ0v) is 22.0. The molecule has 0 saturated heterocycles.